The molecular weight excluding hydrogens is 100 g/mol. The fourth-order valence-electron chi connectivity index (χ4n) is 0. The highest BCUT2D eigenvalue weighted by atomic mass is 19.4. The van der Waals surface area contributed by atoms with Crippen molar-refractivity contribution in [2.45, 2.75) is 6.18 Å². The molecule has 0 aliphatic carbocycles. The van der Waals surface area contributed by atoms with Gasteiger partial charge in [-0.25, -0.2) is 4.39 Å². The van der Waals surface area contributed by atoms with Crippen LogP contribution < -0.4 is 0 Å². The Hall–Kier alpha value is -0.280. The topological polar surface area (TPSA) is 0 Å². The standard InChI is InChI=1S/C2H2F4/c3-1-2(4,5)6/h1H2/i1D2. The van der Waals surface area contributed by atoms with Crippen LogP contribution in [0.1, 0.15) is 2.74 Å². The van der Waals surface area contributed by atoms with E-state index in [1.807, 2.05) is 0 Å². The van der Waals surface area contributed by atoms with Gasteiger partial charge in [-0.3, -0.25) is 0 Å². The molecule has 0 N–H and O–H groups in total. The van der Waals surface area contributed by atoms with Crippen molar-refractivity contribution in [3.05, 3.63) is 0 Å². The van der Waals surface area contributed by atoms with Gasteiger partial charge in [0.15, 0.2) is 6.63 Å². The first-order chi connectivity index (χ1) is 3.25. The van der Waals surface area contributed by atoms with E-state index in [-0.39, 0.29) is 0 Å². The number of hydrogen-bond donors (Lipinski definition) is 0. The Morgan fingerprint density at radius 1 is 1.50 bits per heavy atom. The summed E-state index contributed by atoms with van der Waals surface area (Å²) in [6.45, 7) is -4.56. The normalized spacial score (nSPS) is 19.3. The molecule has 0 saturated carbocycles. The van der Waals surface area contributed by atoms with Crippen LogP contribution in [0.15, 0.2) is 0 Å². The zero-order chi connectivity index (χ0) is 7.00. The summed E-state index contributed by atoms with van der Waals surface area (Å²) in [7, 11) is 0. The van der Waals surface area contributed by atoms with E-state index in [4.69, 9.17) is 2.74 Å². The lowest BCUT2D eigenvalue weighted by Gasteiger charge is -1.93. The van der Waals surface area contributed by atoms with Crippen LogP contribution in [0.25, 0.3) is 0 Å². The molecule has 0 radical (unpaired) electrons. The molecule has 0 heterocycles. The molecule has 0 unspecified atom stereocenters. The fraction of sp³-hybridized carbons (Fsp3) is 1.00. The zero-order valence-corrected chi connectivity index (χ0v) is 2.51. The van der Waals surface area contributed by atoms with Crippen LogP contribution in [-0.2, 0) is 0 Å². The van der Waals surface area contributed by atoms with Crippen LogP contribution >= 0.6 is 0 Å². The highest BCUT2D eigenvalue weighted by Gasteiger charge is 2.26. The van der Waals surface area contributed by atoms with E-state index in [1.165, 1.54) is 0 Å². The summed E-state index contributed by atoms with van der Waals surface area (Å²) in [5.74, 6) is 0. The van der Waals surface area contributed by atoms with E-state index in [1.54, 1.807) is 0 Å². The molecule has 0 aromatic carbocycles. The minimum Gasteiger partial charge on any atom is -0.241 e. The molecular formula is C2H2F4. The first-order valence-electron chi connectivity index (χ1n) is 2.01. The van der Waals surface area contributed by atoms with Crippen molar-refractivity contribution in [2.75, 3.05) is 6.63 Å². The van der Waals surface area contributed by atoms with E-state index < -0.39 is 12.8 Å². The lowest BCUT2D eigenvalue weighted by molar-refractivity contribution is -0.142. The first kappa shape index (κ1) is 2.82. The van der Waals surface area contributed by atoms with Crippen molar-refractivity contribution in [1.29, 1.82) is 0 Å². The van der Waals surface area contributed by atoms with Gasteiger partial charge in [0.05, 0.1) is 2.74 Å². The molecule has 6 heavy (non-hydrogen) atoms. The van der Waals surface area contributed by atoms with Gasteiger partial charge in [-0.15, -0.1) is 0 Å². The van der Waals surface area contributed by atoms with Crippen LogP contribution in [0, 0.1) is 0 Å². The number of alkyl halides is 4. The van der Waals surface area contributed by atoms with Crippen molar-refractivity contribution in [1.82, 2.24) is 0 Å². The Morgan fingerprint density at radius 3 is 1.67 bits per heavy atom. The molecule has 0 aromatic rings. The minimum atomic E-state index is -5.40. The van der Waals surface area contributed by atoms with Crippen molar-refractivity contribution in [2.24, 2.45) is 0 Å². The second-order valence-corrected chi connectivity index (χ2v) is 0.592. The third kappa shape index (κ3) is 3.72. The Labute approximate surface area is 34.6 Å². The maximum Gasteiger partial charge on any atom is 0.416 e. The van der Waals surface area contributed by atoms with Crippen molar-refractivity contribution < 1.29 is 20.3 Å². The third-order valence-corrected chi connectivity index (χ3v) is 0.107. The highest BCUT2D eigenvalue weighted by molar-refractivity contribution is 4.39. The van der Waals surface area contributed by atoms with E-state index >= 15 is 0 Å². The van der Waals surface area contributed by atoms with Gasteiger partial charge < -0.3 is 0 Å². The minimum absolute atomic E-state index is 4.56. The molecule has 0 atom stereocenters. The summed E-state index contributed by atoms with van der Waals surface area (Å²) in [6.07, 6.45) is -5.40. The Morgan fingerprint density at radius 2 is 1.67 bits per heavy atom. The van der Waals surface area contributed by atoms with Crippen molar-refractivity contribution in [3.63, 3.8) is 0 Å². The molecule has 0 nitrogen and oxygen atoms in total. The Balaban J connectivity index is 4.02. The van der Waals surface area contributed by atoms with Gasteiger partial charge in [0.1, 0.15) is 0 Å². The molecule has 0 aliphatic heterocycles. The zero-order valence-electron chi connectivity index (χ0n) is 4.51. The average molecular weight is 104 g/mol. The number of hydrogen-bond acceptors (Lipinski definition) is 0. The highest BCUT2D eigenvalue weighted by Crippen LogP contribution is 2.13. The number of halogens is 4. The molecule has 0 rings (SSSR count). The molecule has 0 fully saturated rings. The van der Waals surface area contributed by atoms with Gasteiger partial charge in [0, 0.05) is 0 Å². The van der Waals surface area contributed by atoms with E-state index in [0.717, 1.165) is 0 Å². The maximum atomic E-state index is 11.1. The smallest absolute Gasteiger partial charge is 0.241 e. The van der Waals surface area contributed by atoms with Gasteiger partial charge in [0.2, 0.25) is 0 Å². The maximum absolute atomic E-state index is 11.1. The largest absolute Gasteiger partial charge is 0.416 e. The predicted molar refractivity (Wildman–Crippen MR) is 12.0 cm³/mol. The summed E-state index contributed by atoms with van der Waals surface area (Å²) in [5, 5.41) is 0. The molecule has 0 amide bonds. The molecule has 38 valence electrons. The number of rotatable bonds is 0. The molecule has 0 bridgehead atoms. The summed E-state index contributed by atoms with van der Waals surface area (Å²) >= 11 is 0. The lowest BCUT2D eigenvalue weighted by atomic mass is 10.8. The molecule has 0 aliphatic rings. The average Bonchev–Trinajstić information content (AvgIpc) is 1.25. The fourth-order valence-corrected chi connectivity index (χ4v) is 0. The van der Waals surface area contributed by atoms with E-state index in [0.29, 0.717) is 0 Å². The van der Waals surface area contributed by atoms with Gasteiger partial charge in [-0.05, 0) is 0 Å². The van der Waals surface area contributed by atoms with Crippen LogP contribution in [0.5, 0.6) is 0 Å². The molecule has 0 aromatic heterocycles. The SMILES string of the molecule is [2H]C([2H])(F)C(F)(F)F. The monoisotopic (exact) mass is 104 g/mol. The molecule has 0 saturated heterocycles. The quantitative estimate of drug-likeness (QED) is 0.408. The van der Waals surface area contributed by atoms with Gasteiger partial charge >= 0.3 is 6.18 Å². The molecule has 4 heteroatoms. The van der Waals surface area contributed by atoms with Crippen LogP contribution in [0.4, 0.5) is 17.6 Å². The van der Waals surface area contributed by atoms with Crippen LogP contribution in [0.2, 0.25) is 0 Å². The summed E-state index contributed by atoms with van der Waals surface area (Å²) in [5.41, 5.74) is 0. The summed E-state index contributed by atoms with van der Waals surface area (Å²) in [4.78, 5) is 0. The van der Waals surface area contributed by atoms with Crippen molar-refractivity contribution >= 4 is 0 Å². The predicted octanol–water partition coefficient (Wildman–Crippen LogP) is 1.52. The first-order valence-corrected chi connectivity index (χ1v) is 1.01. The van der Waals surface area contributed by atoms with Crippen molar-refractivity contribution in [3.8, 4) is 0 Å². The Bertz CT molecular complexity index is 67.0. The van der Waals surface area contributed by atoms with Gasteiger partial charge in [-0.1, -0.05) is 0 Å². The van der Waals surface area contributed by atoms with Gasteiger partial charge in [-0.2, -0.15) is 13.2 Å². The second kappa shape index (κ2) is 1.45. The summed E-state index contributed by atoms with van der Waals surface area (Å²) in [6, 6.07) is 0. The Kier molecular flexibility index (Phi) is 0.680. The second-order valence-electron chi connectivity index (χ2n) is 0.592. The van der Waals surface area contributed by atoms with Gasteiger partial charge in [0.25, 0.3) is 0 Å². The van der Waals surface area contributed by atoms with Crippen LogP contribution in [-0.4, -0.2) is 12.8 Å². The molecule has 0 spiro atoms. The van der Waals surface area contributed by atoms with E-state index in [2.05, 4.69) is 0 Å². The van der Waals surface area contributed by atoms with Crippen LogP contribution in [0.3, 0.4) is 0 Å². The summed E-state index contributed by atoms with van der Waals surface area (Å²) < 4.78 is 54.5. The third-order valence-electron chi connectivity index (χ3n) is 0.107. The van der Waals surface area contributed by atoms with E-state index in [9.17, 15) is 17.6 Å². The lowest BCUT2D eigenvalue weighted by Crippen LogP contribution is -2.08.